The summed E-state index contributed by atoms with van der Waals surface area (Å²) in [6.07, 6.45) is 2.36. The summed E-state index contributed by atoms with van der Waals surface area (Å²) >= 11 is 0. The Kier molecular flexibility index (Phi) is 5.69. The van der Waals surface area contributed by atoms with E-state index < -0.39 is 0 Å². The quantitative estimate of drug-likeness (QED) is 0.836. The fraction of sp³-hybridized carbons (Fsp3) is 0.533. The van der Waals surface area contributed by atoms with E-state index in [0.29, 0.717) is 18.8 Å². The molecule has 2 rings (SSSR count). The Balaban J connectivity index is 0.000000771. The largest absolute Gasteiger partial charge is 0.508 e. The molecule has 0 aliphatic heterocycles. The molecular formula is C15H22O3. The van der Waals surface area contributed by atoms with Gasteiger partial charge in [-0.2, -0.15) is 0 Å². The van der Waals surface area contributed by atoms with Gasteiger partial charge in [0.25, 0.3) is 0 Å². The van der Waals surface area contributed by atoms with Crippen molar-refractivity contribution in [3.05, 3.63) is 29.3 Å². The van der Waals surface area contributed by atoms with E-state index >= 15 is 0 Å². The molecular weight excluding hydrogens is 228 g/mol. The lowest BCUT2D eigenvalue weighted by Gasteiger charge is -2.10. The highest BCUT2D eigenvalue weighted by Gasteiger charge is 2.25. The molecule has 0 fully saturated rings. The lowest BCUT2D eigenvalue weighted by atomic mass is 9.98. The zero-order valence-electron chi connectivity index (χ0n) is 11.4. The number of phenolic OH excluding ortho intramolecular Hbond substituents is 1. The number of carbonyl (C=O) groups is 1. The minimum absolute atomic E-state index is 0.131. The van der Waals surface area contributed by atoms with Crippen LogP contribution >= 0.6 is 0 Å². The van der Waals surface area contributed by atoms with Gasteiger partial charge in [-0.05, 0) is 48.9 Å². The predicted molar refractivity (Wildman–Crippen MR) is 71.8 cm³/mol. The summed E-state index contributed by atoms with van der Waals surface area (Å²) in [6.45, 7) is 6.26. The Morgan fingerprint density at radius 3 is 2.83 bits per heavy atom. The number of hydrogen-bond acceptors (Lipinski definition) is 3. The van der Waals surface area contributed by atoms with Crippen molar-refractivity contribution in [1.82, 2.24) is 0 Å². The highest BCUT2D eigenvalue weighted by molar-refractivity contribution is 5.71. The fourth-order valence-electron chi connectivity index (χ4n) is 2.33. The van der Waals surface area contributed by atoms with E-state index in [1.54, 1.807) is 12.1 Å². The van der Waals surface area contributed by atoms with Gasteiger partial charge in [0.05, 0.1) is 13.0 Å². The van der Waals surface area contributed by atoms with Gasteiger partial charge < -0.3 is 9.84 Å². The van der Waals surface area contributed by atoms with Crippen molar-refractivity contribution < 1.29 is 14.6 Å². The third-order valence-corrected chi connectivity index (χ3v) is 3.05. The molecule has 1 aliphatic rings. The summed E-state index contributed by atoms with van der Waals surface area (Å²) in [6, 6.07) is 5.39. The second kappa shape index (κ2) is 7.04. The Bertz CT molecular complexity index is 399. The molecule has 0 amide bonds. The van der Waals surface area contributed by atoms with Gasteiger partial charge in [-0.3, -0.25) is 4.79 Å². The molecule has 0 radical (unpaired) electrons. The number of benzene rings is 1. The SMILES string of the molecule is CC.CCOC(=O)CC1CCc2cc(O)ccc21. The molecule has 1 aromatic rings. The van der Waals surface area contributed by atoms with Crippen LogP contribution in [0, 0.1) is 0 Å². The summed E-state index contributed by atoms with van der Waals surface area (Å²) in [5.41, 5.74) is 2.35. The van der Waals surface area contributed by atoms with Gasteiger partial charge in [0.2, 0.25) is 0 Å². The molecule has 1 atom stereocenters. The molecule has 0 heterocycles. The molecule has 0 spiro atoms. The number of hydrogen-bond donors (Lipinski definition) is 1. The molecule has 18 heavy (non-hydrogen) atoms. The third-order valence-electron chi connectivity index (χ3n) is 3.05. The highest BCUT2D eigenvalue weighted by Crippen LogP contribution is 2.37. The van der Waals surface area contributed by atoms with Crippen molar-refractivity contribution >= 4 is 5.97 Å². The van der Waals surface area contributed by atoms with Crippen molar-refractivity contribution in [2.75, 3.05) is 6.61 Å². The number of ether oxygens (including phenoxy) is 1. The van der Waals surface area contributed by atoms with Crippen LogP contribution in [0.25, 0.3) is 0 Å². The van der Waals surface area contributed by atoms with Crippen molar-refractivity contribution in [1.29, 1.82) is 0 Å². The van der Waals surface area contributed by atoms with Crippen LogP contribution in [-0.2, 0) is 16.0 Å². The van der Waals surface area contributed by atoms with Crippen LogP contribution in [0.3, 0.4) is 0 Å². The highest BCUT2D eigenvalue weighted by atomic mass is 16.5. The minimum atomic E-state index is -0.131. The van der Waals surface area contributed by atoms with Crippen LogP contribution in [0.4, 0.5) is 0 Å². The Hall–Kier alpha value is -1.51. The third kappa shape index (κ3) is 3.49. The predicted octanol–water partition coefficient (Wildman–Crippen LogP) is 3.40. The molecule has 0 bridgehead atoms. The molecule has 3 nitrogen and oxygen atoms in total. The molecule has 0 saturated heterocycles. The number of esters is 1. The van der Waals surface area contributed by atoms with Crippen LogP contribution in [0.1, 0.15) is 50.7 Å². The second-order valence-corrected chi connectivity index (χ2v) is 4.13. The van der Waals surface area contributed by atoms with Gasteiger partial charge in [-0.25, -0.2) is 0 Å². The summed E-state index contributed by atoms with van der Waals surface area (Å²) in [5.74, 6) is 0.429. The molecule has 100 valence electrons. The van der Waals surface area contributed by atoms with Gasteiger partial charge in [0.1, 0.15) is 5.75 Å². The number of rotatable bonds is 3. The van der Waals surface area contributed by atoms with Gasteiger partial charge in [-0.1, -0.05) is 19.9 Å². The maximum Gasteiger partial charge on any atom is 0.306 e. The summed E-state index contributed by atoms with van der Waals surface area (Å²) in [4.78, 5) is 11.4. The van der Waals surface area contributed by atoms with E-state index in [-0.39, 0.29) is 11.9 Å². The van der Waals surface area contributed by atoms with Crippen molar-refractivity contribution in [3.8, 4) is 5.75 Å². The van der Waals surface area contributed by atoms with Crippen LogP contribution in [0.2, 0.25) is 0 Å². The first-order chi connectivity index (χ1) is 8.70. The van der Waals surface area contributed by atoms with E-state index in [1.165, 1.54) is 5.56 Å². The first-order valence-electron chi connectivity index (χ1n) is 6.68. The van der Waals surface area contributed by atoms with Crippen LogP contribution in [0.5, 0.6) is 5.75 Å². The first-order valence-corrected chi connectivity index (χ1v) is 6.68. The standard InChI is InChI=1S/C13H16O3.C2H6/c1-2-16-13(15)8-10-4-3-9-7-11(14)5-6-12(9)10;1-2/h5-7,10,14H,2-4,8H2,1H3;1-2H3. The number of fused-ring (bicyclic) bond motifs is 1. The van der Waals surface area contributed by atoms with E-state index in [9.17, 15) is 9.90 Å². The first kappa shape index (κ1) is 14.6. The zero-order chi connectivity index (χ0) is 13.5. The van der Waals surface area contributed by atoms with E-state index in [1.807, 2.05) is 26.8 Å². The smallest absolute Gasteiger partial charge is 0.306 e. The molecule has 1 aromatic carbocycles. The number of carbonyl (C=O) groups excluding carboxylic acids is 1. The normalized spacial score (nSPS) is 16.5. The van der Waals surface area contributed by atoms with Crippen LogP contribution in [-0.4, -0.2) is 17.7 Å². The number of phenols is 1. The van der Waals surface area contributed by atoms with Crippen molar-refractivity contribution in [3.63, 3.8) is 0 Å². The Labute approximate surface area is 109 Å². The Morgan fingerprint density at radius 1 is 1.44 bits per heavy atom. The van der Waals surface area contributed by atoms with E-state index in [2.05, 4.69) is 0 Å². The van der Waals surface area contributed by atoms with Crippen LogP contribution < -0.4 is 0 Å². The molecule has 1 aliphatic carbocycles. The molecule has 0 saturated carbocycles. The van der Waals surface area contributed by atoms with Gasteiger partial charge in [0, 0.05) is 0 Å². The average Bonchev–Trinajstić information content (AvgIpc) is 2.74. The second-order valence-electron chi connectivity index (χ2n) is 4.13. The lowest BCUT2D eigenvalue weighted by molar-refractivity contribution is -0.143. The van der Waals surface area contributed by atoms with E-state index in [4.69, 9.17) is 4.74 Å². The molecule has 3 heteroatoms. The van der Waals surface area contributed by atoms with E-state index in [0.717, 1.165) is 18.4 Å². The molecule has 1 unspecified atom stereocenters. The van der Waals surface area contributed by atoms with Gasteiger partial charge >= 0.3 is 5.97 Å². The summed E-state index contributed by atoms with van der Waals surface area (Å²) in [5, 5.41) is 9.36. The molecule has 1 N–H and O–H groups in total. The average molecular weight is 250 g/mol. The maximum absolute atomic E-state index is 11.4. The summed E-state index contributed by atoms with van der Waals surface area (Å²) < 4.78 is 4.95. The van der Waals surface area contributed by atoms with Gasteiger partial charge in [0.15, 0.2) is 0 Å². The maximum atomic E-state index is 11.4. The van der Waals surface area contributed by atoms with Gasteiger partial charge in [-0.15, -0.1) is 0 Å². The summed E-state index contributed by atoms with van der Waals surface area (Å²) in [7, 11) is 0. The number of aryl methyl sites for hydroxylation is 1. The lowest BCUT2D eigenvalue weighted by Crippen LogP contribution is -2.08. The Morgan fingerprint density at radius 2 is 2.17 bits per heavy atom. The zero-order valence-corrected chi connectivity index (χ0v) is 11.4. The topological polar surface area (TPSA) is 46.5 Å². The molecule has 0 aromatic heterocycles. The number of aromatic hydroxyl groups is 1. The monoisotopic (exact) mass is 250 g/mol. The fourth-order valence-corrected chi connectivity index (χ4v) is 2.33. The van der Waals surface area contributed by atoms with Crippen molar-refractivity contribution in [2.45, 2.75) is 46.0 Å². The van der Waals surface area contributed by atoms with Crippen LogP contribution in [0.15, 0.2) is 18.2 Å². The minimum Gasteiger partial charge on any atom is -0.508 e. The van der Waals surface area contributed by atoms with Crippen molar-refractivity contribution in [2.24, 2.45) is 0 Å².